The standard InChI is InChI=1S/C18H24N2O/c1-3-18(15-7-5-4-6-8-15)19-16-9-11-17(12-10-16)20(2)13-14-21/h4-12,18-19,21H,3,13-14H2,1-2H3. The first kappa shape index (κ1) is 15.4. The van der Waals surface area contributed by atoms with Crippen LogP contribution in [-0.4, -0.2) is 25.3 Å². The van der Waals surface area contributed by atoms with Gasteiger partial charge < -0.3 is 15.3 Å². The van der Waals surface area contributed by atoms with Crippen LogP contribution < -0.4 is 10.2 Å². The van der Waals surface area contributed by atoms with Crippen LogP contribution in [0.3, 0.4) is 0 Å². The van der Waals surface area contributed by atoms with Gasteiger partial charge in [0.25, 0.3) is 0 Å². The lowest BCUT2D eigenvalue weighted by Crippen LogP contribution is -2.20. The SMILES string of the molecule is CCC(Nc1ccc(N(C)CCO)cc1)c1ccccc1. The number of rotatable bonds is 7. The number of aliphatic hydroxyl groups excluding tert-OH is 1. The number of benzene rings is 2. The van der Waals surface area contributed by atoms with Gasteiger partial charge in [-0.3, -0.25) is 0 Å². The molecule has 0 saturated heterocycles. The molecule has 21 heavy (non-hydrogen) atoms. The van der Waals surface area contributed by atoms with Crippen molar-refractivity contribution in [3.63, 3.8) is 0 Å². The third kappa shape index (κ3) is 4.23. The molecule has 2 rings (SSSR count). The quantitative estimate of drug-likeness (QED) is 0.814. The minimum absolute atomic E-state index is 0.169. The van der Waals surface area contributed by atoms with Crippen LogP contribution in [-0.2, 0) is 0 Å². The van der Waals surface area contributed by atoms with Gasteiger partial charge in [0.1, 0.15) is 0 Å². The summed E-state index contributed by atoms with van der Waals surface area (Å²) in [6, 6.07) is 19.2. The lowest BCUT2D eigenvalue weighted by Gasteiger charge is -2.21. The second-order valence-electron chi connectivity index (χ2n) is 5.21. The number of hydrogen-bond acceptors (Lipinski definition) is 3. The van der Waals surface area contributed by atoms with E-state index in [2.05, 4.69) is 60.8 Å². The molecule has 0 aliphatic rings. The number of anilines is 2. The Kier molecular flexibility index (Phi) is 5.64. The third-order valence-electron chi connectivity index (χ3n) is 3.69. The van der Waals surface area contributed by atoms with E-state index >= 15 is 0 Å². The molecular weight excluding hydrogens is 260 g/mol. The zero-order chi connectivity index (χ0) is 15.1. The average molecular weight is 284 g/mol. The van der Waals surface area contributed by atoms with Gasteiger partial charge in [0.05, 0.1) is 12.6 Å². The Morgan fingerprint density at radius 1 is 1.05 bits per heavy atom. The molecule has 0 amide bonds. The molecule has 112 valence electrons. The van der Waals surface area contributed by atoms with Crippen LogP contribution in [0.2, 0.25) is 0 Å². The predicted octanol–water partition coefficient (Wildman–Crippen LogP) is 3.68. The van der Waals surface area contributed by atoms with Crippen LogP contribution in [0.15, 0.2) is 54.6 Å². The fraction of sp³-hybridized carbons (Fsp3) is 0.333. The maximum absolute atomic E-state index is 8.98. The van der Waals surface area contributed by atoms with Crippen molar-refractivity contribution in [1.29, 1.82) is 0 Å². The molecule has 3 heteroatoms. The molecule has 0 aliphatic heterocycles. The molecule has 1 atom stereocenters. The van der Waals surface area contributed by atoms with E-state index in [4.69, 9.17) is 5.11 Å². The summed E-state index contributed by atoms with van der Waals surface area (Å²) in [4.78, 5) is 2.04. The zero-order valence-electron chi connectivity index (χ0n) is 12.8. The van der Waals surface area contributed by atoms with Crippen molar-refractivity contribution in [2.45, 2.75) is 19.4 Å². The summed E-state index contributed by atoms with van der Waals surface area (Å²) in [5.41, 5.74) is 3.54. The Bertz CT molecular complexity index is 525. The Morgan fingerprint density at radius 3 is 2.29 bits per heavy atom. The van der Waals surface area contributed by atoms with Crippen molar-refractivity contribution in [1.82, 2.24) is 0 Å². The Balaban J connectivity index is 2.05. The monoisotopic (exact) mass is 284 g/mol. The highest BCUT2D eigenvalue weighted by atomic mass is 16.3. The van der Waals surface area contributed by atoms with Crippen molar-refractivity contribution in [2.75, 3.05) is 30.4 Å². The van der Waals surface area contributed by atoms with E-state index in [-0.39, 0.29) is 6.61 Å². The summed E-state index contributed by atoms with van der Waals surface area (Å²) in [6.45, 7) is 3.00. The Labute approximate surface area is 127 Å². The van der Waals surface area contributed by atoms with Gasteiger partial charge in [0, 0.05) is 25.0 Å². The van der Waals surface area contributed by atoms with Crippen molar-refractivity contribution in [3.8, 4) is 0 Å². The Hall–Kier alpha value is -2.00. The third-order valence-corrected chi connectivity index (χ3v) is 3.69. The second-order valence-corrected chi connectivity index (χ2v) is 5.21. The van der Waals surface area contributed by atoms with Crippen LogP contribution in [0.4, 0.5) is 11.4 Å². The van der Waals surface area contributed by atoms with E-state index < -0.39 is 0 Å². The van der Waals surface area contributed by atoms with Crippen molar-refractivity contribution >= 4 is 11.4 Å². The molecule has 2 aromatic rings. The predicted molar refractivity (Wildman–Crippen MR) is 89.9 cm³/mol. The molecule has 0 fully saturated rings. The summed E-state index contributed by atoms with van der Waals surface area (Å²) < 4.78 is 0. The normalized spacial score (nSPS) is 12.0. The van der Waals surface area contributed by atoms with Crippen molar-refractivity contribution in [3.05, 3.63) is 60.2 Å². The van der Waals surface area contributed by atoms with Gasteiger partial charge in [-0.1, -0.05) is 37.3 Å². The van der Waals surface area contributed by atoms with Crippen LogP contribution in [0, 0.1) is 0 Å². The van der Waals surface area contributed by atoms with Gasteiger partial charge in [-0.15, -0.1) is 0 Å². The second kappa shape index (κ2) is 7.70. The highest BCUT2D eigenvalue weighted by Gasteiger charge is 2.08. The molecule has 0 saturated carbocycles. The summed E-state index contributed by atoms with van der Waals surface area (Å²) in [5, 5.41) is 12.6. The van der Waals surface area contributed by atoms with E-state index in [1.165, 1.54) is 5.56 Å². The molecule has 0 aromatic heterocycles. The van der Waals surface area contributed by atoms with Crippen molar-refractivity contribution < 1.29 is 5.11 Å². The van der Waals surface area contributed by atoms with Gasteiger partial charge in [-0.2, -0.15) is 0 Å². The van der Waals surface area contributed by atoms with Crippen LogP contribution in [0.1, 0.15) is 24.9 Å². The molecule has 0 heterocycles. The number of nitrogens with one attached hydrogen (secondary N) is 1. The van der Waals surface area contributed by atoms with E-state index in [0.717, 1.165) is 17.8 Å². The highest BCUT2D eigenvalue weighted by Crippen LogP contribution is 2.24. The topological polar surface area (TPSA) is 35.5 Å². The maximum Gasteiger partial charge on any atom is 0.0606 e. The molecule has 0 spiro atoms. The highest BCUT2D eigenvalue weighted by molar-refractivity contribution is 5.55. The summed E-state index contributed by atoms with van der Waals surface area (Å²) in [6.07, 6.45) is 1.04. The lowest BCUT2D eigenvalue weighted by atomic mass is 10.0. The van der Waals surface area contributed by atoms with Gasteiger partial charge in [0.2, 0.25) is 0 Å². The molecule has 2 N–H and O–H groups in total. The largest absolute Gasteiger partial charge is 0.395 e. The van der Waals surface area contributed by atoms with E-state index in [1.807, 2.05) is 18.0 Å². The summed E-state index contributed by atoms with van der Waals surface area (Å²) in [5.74, 6) is 0. The minimum Gasteiger partial charge on any atom is -0.395 e. The fourth-order valence-electron chi connectivity index (χ4n) is 2.40. The molecule has 0 aliphatic carbocycles. The lowest BCUT2D eigenvalue weighted by molar-refractivity contribution is 0.304. The van der Waals surface area contributed by atoms with Crippen LogP contribution in [0.25, 0.3) is 0 Å². The number of hydrogen-bond donors (Lipinski definition) is 2. The molecule has 3 nitrogen and oxygen atoms in total. The molecular formula is C18H24N2O. The number of aliphatic hydroxyl groups is 1. The summed E-state index contributed by atoms with van der Waals surface area (Å²) >= 11 is 0. The first-order chi connectivity index (χ1) is 10.2. The zero-order valence-corrected chi connectivity index (χ0v) is 12.8. The van der Waals surface area contributed by atoms with E-state index in [0.29, 0.717) is 12.6 Å². The van der Waals surface area contributed by atoms with E-state index in [1.54, 1.807) is 0 Å². The minimum atomic E-state index is 0.169. The van der Waals surface area contributed by atoms with Crippen LogP contribution >= 0.6 is 0 Å². The first-order valence-electron chi connectivity index (χ1n) is 7.48. The van der Waals surface area contributed by atoms with Gasteiger partial charge >= 0.3 is 0 Å². The Morgan fingerprint density at radius 2 is 1.71 bits per heavy atom. The van der Waals surface area contributed by atoms with Crippen molar-refractivity contribution in [2.24, 2.45) is 0 Å². The van der Waals surface area contributed by atoms with Crippen LogP contribution in [0.5, 0.6) is 0 Å². The molecule has 2 aromatic carbocycles. The maximum atomic E-state index is 8.98. The van der Waals surface area contributed by atoms with Gasteiger partial charge in [-0.05, 0) is 36.2 Å². The molecule has 0 radical (unpaired) electrons. The molecule has 0 bridgehead atoms. The smallest absolute Gasteiger partial charge is 0.0606 e. The summed E-state index contributed by atoms with van der Waals surface area (Å²) in [7, 11) is 1.98. The number of likely N-dealkylation sites (N-methyl/N-ethyl adjacent to an activating group) is 1. The van der Waals surface area contributed by atoms with Gasteiger partial charge in [0.15, 0.2) is 0 Å². The number of nitrogens with zero attached hydrogens (tertiary/aromatic N) is 1. The average Bonchev–Trinajstić information content (AvgIpc) is 2.54. The van der Waals surface area contributed by atoms with E-state index in [9.17, 15) is 0 Å². The van der Waals surface area contributed by atoms with Gasteiger partial charge in [-0.25, -0.2) is 0 Å². The first-order valence-corrected chi connectivity index (χ1v) is 7.48. The molecule has 1 unspecified atom stereocenters. The fourth-order valence-corrected chi connectivity index (χ4v) is 2.40.